The van der Waals surface area contributed by atoms with E-state index >= 15 is 0 Å². The largest absolute Gasteiger partial charge is 0.479 e. The van der Waals surface area contributed by atoms with E-state index in [1.165, 1.54) is 19.4 Å². The third kappa shape index (κ3) is 2.27. The Morgan fingerprint density at radius 3 is 2.88 bits per heavy atom. The smallest absolute Gasteiger partial charge is 0.250 e. The van der Waals surface area contributed by atoms with Crippen molar-refractivity contribution in [2.75, 3.05) is 7.11 Å². The summed E-state index contributed by atoms with van der Waals surface area (Å²) in [6.45, 7) is 2.11. The summed E-state index contributed by atoms with van der Waals surface area (Å²) in [4.78, 5) is 3.78. The van der Waals surface area contributed by atoms with Crippen molar-refractivity contribution in [1.82, 2.24) is 4.98 Å². The van der Waals surface area contributed by atoms with Crippen LogP contribution in [0.15, 0.2) is 12.3 Å². The van der Waals surface area contributed by atoms with Crippen LogP contribution in [0.2, 0.25) is 0 Å². The predicted octanol–water partition coefficient (Wildman–Crippen LogP) is 2.70. The lowest BCUT2D eigenvalue weighted by Gasteiger charge is -2.23. The van der Waals surface area contributed by atoms with Crippen molar-refractivity contribution < 1.29 is 14.2 Å². The second-order valence-corrected chi connectivity index (χ2v) is 4.74. The highest BCUT2D eigenvalue weighted by molar-refractivity contribution is 5.26. The fraction of sp³-hybridized carbons (Fsp3) is 0.615. The lowest BCUT2D eigenvalue weighted by Crippen LogP contribution is -2.16. The Morgan fingerprint density at radius 2 is 2.29 bits per heavy atom. The van der Waals surface area contributed by atoms with Crippen LogP contribution in [-0.4, -0.2) is 17.2 Å². The monoisotopic (exact) mass is 239 g/mol. The number of halogens is 1. The van der Waals surface area contributed by atoms with Crippen LogP contribution >= 0.6 is 0 Å². The molecule has 0 saturated heterocycles. The van der Waals surface area contributed by atoms with Crippen LogP contribution in [-0.2, 0) is 0 Å². The molecule has 3 atom stereocenters. The summed E-state index contributed by atoms with van der Waals surface area (Å²) in [5, 5.41) is 10.3. The standard InChI is InChI=1S/C13H18FNO2/c1-8-4-3-5-9(8)12(16)10-6-7-15-13(17-2)11(10)14/h6-9,12,16H,3-5H2,1-2H3. The molecule has 0 bridgehead atoms. The van der Waals surface area contributed by atoms with E-state index in [1.807, 2.05) is 0 Å². The van der Waals surface area contributed by atoms with E-state index in [4.69, 9.17) is 4.74 Å². The molecule has 0 amide bonds. The van der Waals surface area contributed by atoms with Crippen LogP contribution < -0.4 is 4.74 Å². The number of aliphatic hydroxyl groups is 1. The van der Waals surface area contributed by atoms with Gasteiger partial charge >= 0.3 is 0 Å². The number of aromatic nitrogens is 1. The highest BCUT2D eigenvalue weighted by Gasteiger charge is 2.32. The molecule has 1 aliphatic rings. The average Bonchev–Trinajstić information content (AvgIpc) is 2.75. The van der Waals surface area contributed by atoms with E-state index < -0.39 is 11.9 Å². The SMILES string of the molecule is COc1nccc(C(O)C2CCCC2C)c1F. The van der Waals surface area contributed by atoms with Crippen molar-refractivity contribution in [1.29, 1.82) is 0 Å². The van der Waals surface area contributed by atoms with E-state index in [2.05, 4.69) is 11.9 Å². The zero-order chi connectivity index (χ0) is 12.4. The number of hydrogen-bond acceptors (Lipinski definition) is 3. The Morgan fingerprint density at radius 1 is 1.53 bits per heavy atom. The zero-order valence-electron chi connectivity index (χ0n) is 10.2. The molecular weight excluding hydrogens is 221 g/mol. The molecule has 4 heteroatoms. The van der Waals surface area contributed by atoms with E-state index in [-0.39, 0.29) is 11.8 Å². The molecule has 17 heavy (non-hydrogen) atoms. The molecule has 1 N–H and O–H groups in total. The molecule has 1 aromatic rings. The van der Waals surface area contributed by atoms with Crippen molar-refractivity contribution in [3.63, 3.8) is 0 Å². The first-order chi connectivity index (χ1) is 8.15. The molecule has 0 aromatic carbocycles. The molecule has 3 nitrogen and oxygen atoms in total. The fourth-order valence-electron chi connectivity index (χ4n) is 2.68. The molecule has 1 heterocycles. The van der Waals surface area contributed by atoms with Crippen molar-refractivity contribution >= 4 is 0 Å². The Labute approximate surface area is 101 Å². The van der Waals surface area contributed by atoms with E-state index in [9.17, 15) is 9.50 Å². The third-order valence-electron chi connectivity index (χ3n) is 3.73. The number of hydrogen-bond donors (Lipinski definition) is 1. The van der Waals surface area contributed by atoms with E-state index in [0.29, 0.717) is 11.5 Å². The lowest BCUT2D eigenvalue weighted by atomic mass is 9.88. The summed E-state index contributed by atoms with van der Waals surface area (Å²) < 4.78 is 18.8. The topological polar surface area (TPSA) is 42.4 Å². The van der Waals surface area contributed by atoms with Crippen LogP contribution in [0.3, 0.4) is 0 Å². The van der Waals surface area contributed by atoms with Gasteiger partial charge in [-0.1, -0.05) is 19.8 Å². The summed E-state index contributed by atoms with van der Waals surface area (Å²) >= 11 is 0. The summed E-state index contributed by atoms with van der Waals surface area (Å²) in [6, 6.07) is 1.54. The Hall–Kier alpha value is -1.16. The van der Waals surface area contributed by atoms with Gasteiger partial charge in [-0.2, -0.15) is 0 Å². The third-order valence-corrected chi connectivity index (χ3v) is 3.73. The van der Waals surface area contributed by atoms with Gasteiger partial charge in [0.1, 0.15) is 0 Å². The van der Waals surface area contributed by atoms with Crippen LogP contribution in [0.4, 0.5) is 4.39 Å². The predicted molar refractivity (Wildman–Crippen MR) is 62.2 cm³/mol. The van der Waals surface area contributed by atoms with Crippen molar-refractivity contribution in [2.24, 2.45) is 11.8 Å². The zero-order valence-corrected chi connectivity index (χ0v) is 10.2. The van der Waals surface area contributed by atoms with Gasteiger partial charge in [0.05, 0.1) is 13.2 Å². The van der Waals surface area contributed by atoms with Gasteiger partial charge in [-0.15, -0.1) is 0 Å². The number of rotatable bonds is 3. The van der Waals surface area contributed by atoms with Crippen molar-refractivity contribution in [2.45, 2.75) is 32.3 Å². The van der Waals surface area contributed by atoms with Crippen LogP contribution in [0.1, 0.15) is 37.9 Å². The van der Waals surface area contributed by atoms with Crippen LogP contribution in [0, 0.1) is 17.7 Å². The first-order valence-electron chi connectivity index (χ1n) is 6.01. The first kappa shape index (κ1) is 12.3. The van der Waals surface area contributed by atoms with Gasteiger partial charge in [-0.25, -0.2) is 9.37 Å². The fourth-order valence-corrected chi connectivity index (χ4v) is 2.68. The van der Waals surface area contributed by atoms with Gasteiger partial charge in [0, 0.05) is 11.8 Å². The molecule has 1 fully saturated rings. The summed E-state index contributed by atoms with van der Waals surface area (Å²) in [5.74, 6) is -0.0195. The van der Waals surface area contributed by atoms with Gasteiger partial charge in [0.2, 0.25) is 5.88 Å². The minimum absolute atomic E-state index is 0.0489. The van der Waals surface area contributed by atoms with Gasteiger partial charge in [0.25, 0.3) is 0 Å². The second-order valence-electron chi connectivity index (χ2n) is 4.74. The molecule has 0 spiro atoms. The highest BCUT2D eigenvalue weighted by atomic mass is 19.1. The molecule has 1 aliphatic carbocycles. The Kier molecular flexibility index (Phi) is 3.62. The average molecular weight is 239 g/mol. The molecule has 0 aliphatic heterocycles. The van der Waals surface area contributed by atoms with Gasteiger partial charge < -0.3 is 9.84 Å². The summed E-state index contributed by atoms with van der Waals surface area (Å²) in [6.07, 6.45) is 3.87. The number of ether oxygens (including phenoxy) is 1. The lowest BCUT2D eigenvalue weighted by molar-refractivity contribution is 0.0859. The van der Waals surface area contributed by atoms with Gasteiger partial charge in [-0.3, -0.25) is 0 Å². The minimum Gasteiger partial charge on any atom is -0.479 e. The number of pyridine rings is 1. The van der Waals surface area contributed by atoms with E-state index in [0.717, 1.165) is 19.3 Å². The Bertz CT molecular complexity index is 397. The normalized spacial score (nSPS) is 25.9. The highest BCUT2D eigenvalue weighted by Crippen LogP contribution is 2.41. The minimum atomic E-state index is -0.760. The van der Waals surface area contributed by atoms with Crippen LogP contribution in [0.5, 0.6) is 5.88 Å². The molecule has 1 aromatic heterocycles. The molecule has 0 radical (unpaired) electrons. The summed E-state index contributed by atoms with van der Waals surface area (Å²) in [7, 11) is 1.37. The molecule has 2 rings (SSSR count). The molecular formula is C13H18FNO2. The molecule has 1 saturated carbocycles. The number of nitrogens with zero attached hydrogens (tertiary/aromatic N) is 1. The maximum absolute atomic E-state index is 14.0. The molecule has 94 valence electrons. The molecule has 3 unspecified atom stereocenters. The Balaban J connectivity index is 2.27. The number of methoxy groups -OCH3 is 1. The van der Waals surface area contributed by atoms with Crippen molar-refractivity contribution in [3.8, 4) is 5.88 Å². The maximum atomic E-state index is 14.0. The van der Waals surface area contributed by atoms with E-state index in [1.54, 1.807) is 0 Å². The van der Waals surface area contributed by atoms with Crippen LogP contribution in [0.25, 0.3) is 0 Å². The van der Waals surface area contributed by atoms with Crippen molar-refractivity contribution in [3.05, 3.63) is 23.6 Å². The maximum Gasteiger partial charge on any atom is 0.250 e. The summed E-state index contributed by atoms with van der Waals surface area (Å²) in [5.41, 5.74) is 0.301. The first-order valence-corrected chi connectivity index (χ1v) is 6.01. The quantitative estimate of drug-likeness (QED) is 0.881. The van der Waals surface area contributed by atoms with Gasteiger partial charge in [0.15, 0.2) is 5.82 Å². The van der Waals surface area contributed by atoms with Gasteiger partial charge in [-0.05, 0) is 24.3 Å². The number of aliphatic hydroxyl groups excluding tert-OH is 1. The second kappa shape index (κ2) is 5.00.